The van der Waals surface area contributed by atoms with Gasteiger partial charge in [-0.2, -0.15) is 0 Å². The lowest BCUT2D eigenvalue weighted by Gasteiger charge is -2.12. The summed E-state index contributed by atoms with van der Waals surface area (Å²) in [6.07, 6.45) is 0. The number of benzene rings is 2. The fraction of sp³-hybridized carbons (Fsp3) is 0.143. The summed E-state index contributed by atoms with van der Waals surface area (Å²) in [5.74, 6) is -0.335. The number of aryl methyl sites for hydroxylation is 1. The normalized spacial score (nSPS) is 10.4. The molecular weight excluding hydrogens is 272 g/mol. The highest BCUT2D eigenvalue weighted by molar-refractivity contribution is 6.33. The highest BCUT2D eigenvalue weighted by Gasteiger charge is 2.05. The highest BCUT2D eigenvalue weighted by Crippen LogP contribution is 2.26. The molecule has 0 atom stereocenters. The second-order valence-corrected chi connectivity index (χ2v) is 4.84. The molecule has 0 saturated carbocycles. The lowest BCUT2D eigenvalue weighted by Crippen LogP contribution is -2.02. The van der Waals surface area contributed by atoms with Crippen LogP contribution in [0.3, 0.4) is 0 Å². The third kappa shape index (κ3) is 2.95. The predicted molar refractivity (Wildman–Crippen MR) is 74.9 cm³/mol. The predicted octanol–water partition coefficient (Wildman–Crippen LogP) is 5.05. The molecule has 0 heterocycles. The Balaban J connectivity index is 2.16. The molecule has 0 fully saturated rings. The summed E-state index contributed by atoms with van der Waals surface area (Å²) in [6, 6.07) is 10.1. The van der Waals surface area contributed by atoms with Gasteiger partial charge in [0.2, 0.25) is 0 Å². The van der Waals surface area contributed by atoms with E-state index < -0.39 is 0 Å². The van der Waals surface area contributed by atoms with Crippen LogP contribution in [0.5, 0.6) is 0 Å². The third-order valence-electron chi connectivity index (χ3n) is 2.69. The second-order valence-electron chi connectivity index (χ2n) is 4.02. The van der Waals surface area contributed by atoms with Crippen molar-refractivity contribution in [1.29, 1.82) is 0 Å². The van der Waals surface area contributed by atoms with Crippen molar-refractivity contribution in [2.45, 2.75) is 13.5 Å². The Morgan fingerprint density at radius 1 is 1.11 bits per heavy atom. The summed E-state index contributed by atoms with van der Waals surface area (Å²) < 4.78 is 12.9. The number of halogens is 3. The van der Waals surface area contributed by atoms with Crippen LogP contribution < -0.4 is 5.32 Å². The largest absolute Gasteiger partial charge is 0.379 e. The molecule has 94 valence electrons. The van der Waals surface area contributed by atoms with Crippen LogP contribution in [0, 0.1) is 12.7 Å². The molecule has 18 heavy (non-hydrogen) atoms. The van der Waals surface area contributed by atoms with Crippen LogP contribution in [0.1, 0.15) is 11.1 Å². The van der Waals surface area contributed by atoms with E-state index in [9.17, 15) is 4.39 Å². The van der Waals surface area contributed by atoms with E-state index >= 15 is 0 Å². The Labute approximate surface area is 116 Å². The summed E-state index contributed by atoms with van der Waals surface area (Å²) in [5, 5.41) is 4.29. The van der Waals surface area contributed by atoms with Gasteiger partial charge in [0, 0.05) is 11.6 Å². The first-order chi connectivity index (χ1) is 8.58. The van der Waals surface area contributed by atoms with Crippen molar-refractivity contribution in [3.05, 3.63) is 63.4 Å². The number of nitrogens with one attached hydrogen (secondary N) is 1. The lowest BCUT2D eigenvalue weighted by molar-refractivity contribution is 0.627. The number of hydrogen-bond acceptors (Lipinski definition) is 1. The topological polar surface area (TPSA) is 12.0 Å². The molecule has 0 saturated heterocycles. The maximum Gasteiger partial charge on any atom is 0.124 e. The number of rotatable bonds is 3. The summed E-state index contributed by atoms with van der Waals surface area (Å²) in [7, 11) is 0. The minimum Gasteiger partial charge on any atom is -0.379 e. The molecule has 0 bridgehead atoms. The average Bonchev–Trinajstić information content (AvgIpc) is 2.31. The van der Waals surface area contributed by atoms with E-state index in [-0.39, 0.29) is 5.82 Å². The minimum atomic E-state index is -0.335. The van der Waals surface area contributed by atoms with Gasteiger partial charge in [-0.1, -0.05) is 41.4 Å². The fourth-order valence-corrected chi connectivity index (χ4v) is 2.23. The zero-order valence-corrected chi connectivity index (χ0v) is 11.3. The van der Waals surface area contributed by atoms with Gasteiger partial charge < -0.3 is 5.32 Å². The van der Waals surface area contributed by atoms with Crippen molar-refractivity contribution in [3.63, 3.8) is 0 Å². The maximum atomic E-state index is 12.9. The molecule has 2 aromatic carbocycles. The van der Waals surface area contributed by atoms with Gasteiger partial charge in [0.25, 0.3) is 0 Å². The van der Waals surface area contributed by atoms with Crippen LogP contribution in [0.2, 0.25) is 10.0 Å². The molecular formula is C14H12Cl2FN. The van der Waals surface area contributed by atoms with Gasteiger partial charge >= 0.3 is 0 Å². The standard InChI is InChI=1S/C14H12Cl2FN/c1-9-3-2-4-12(15)14(9)18-8-10-5-6-11(17)7-13(10)16/h2-7,18H,8H2,1H3. The Kier molecular flexibility index (Phi) is 4.10. The van der Waals surface area contributed by atoms with Crippen LogP contribution in [0.4, 0.5) is 10.1 Å². The minimum absolute atomic E-state index is 0.335. The highest BCUT2D eigenvalue weighted by atomic mass is 35.5. The zero-order valence-electron chi connectivity index (χ0n) is 9.81. The van der Waals surface area contributed by atoms with Crippen molar-refractivity contribution in [2.24, 2.45) is 0 Å². The summed E-state index contributed by atoms with van der Waals surface area (Å²) in [5.41, 5.74) is 2.76. The Hall–Kier alpha value is -1.25. The van der Waals surface area contributed by atoms with E-state index in [0.29, 0.717) is 16.6 Å². The van der Waals surface area contributed by atoms with Gasteiger partial charge in [0.15, 0.2) is 0 Å². The van der Waals surface area contributed by atoms with Gasteiger partial charge in [0.05, 0.1) is 10.7 Å². The second kappa shape index (κ2) is 5.59. The third-order valence-corrected chi connectivity index (χ3v) is 3.36. The number of hydrogen-bond donors (Lipinski definition) is 1. The Morgan fingerprint density at radius 2 is 1.89 bits per heavy atom. The molecule has 0 aliphatic carbocycles. The molecule has 0 aromatic heterocycles. The van der Waals surface area contributed by atoms with E-state index in [0.717, 1.165) is 16.8 Å². The smallest absolute Gasteiger partial charge is 0.124 e. The molecule has 0 radical (unpaired) electrons. The summed E-state index contributed by atoms with van der Waals surface area (Å²) in [6.45, 7) is 2.48. The van der Waals surface area contributed by atoms with E-state index in [1.165, 1.54) is 12.1 Å². The lowest BCUT2D eigenvalue weighted by atomic mass is 10.1. The van der Waals surface area contributed by atoms with Crippen molar-refractivity contribution in [3.8, 4) is 0 Å². The quantitative estimate of drug-likeness (QED) is 0.831. The molecule has 0 aliphatic heterocycles. The van der Waals surface area contributed by atoms with E-state index in [1.807, 2.05) is 25.1 Å². The molecule has 0 aliphatic rings. The van der Waals surface area contributed by atoms with Gasteiger partial charge in [-0.25, -0.2) is 4.39 Å². The van der Waals surface area contributed by atoms with Crippen LogP contribution in [0.15, 0.2) is 36.4 Å². The van der Waals surface area contributed by atoms with E-state index in [1.54, 1.807) is 6.07 Å². The average molecular weight is 284 g/mol. The first kappa shape index (κ1) is 13.2. The Morgan fingerprint density at radius 3 is 2.56 bits per heavy atom. The number of para-hydroxylation sites is 1. The zero-order chi connectivity index (χ0) is 13.1. The van der Waals surface area contributed by atoms with Crippen LogP contribution in [0.25, 0.3) is 0 Å². The molecule has 2 aromatic rings. The summed E-state index contributed by atoms with van der Waals surface area (Å²) in [4.78, 5) is 0. The number of anilines is 1. The first-order valence-electron chi connectivity index (χ1n) is 5.51. The first-order valence-corrected chi connectivity index (χ1v) is 6.26. The molecule has 4 heteroatoms. The fourth-order valence-electron chi connectivity index (χ4n) is 1.70. The van der Waals surface area contributed by atoms with Crippen LogP contribution in [-0.2, 0) is 6.54 Å². The maximum absolute atomic E-state index is 12.9. The summed E-state index contributed by atoms with van der Waals surface area (Å²) >= 11 is 12.1. The molecule has 0 amide bonds. The van der Waals surface area contributed by atoms with E-state index in [4.69, 9.17) is 23.2 Å². The van der Waals surface area contributed by atoms with Crippen molar-refractivity contribution < 1.29 is 4.39 Å². The molecule has 0 unspecified atom stereocenters. The van der Waals surface area contributed by atoms with Gasteiger partial charge in [0.1, 0.15) is 5.82 Å². The van der Waals surface area contributed by atoms with Crippen molar-refractivity contribution in [2.75, 3.05) is 5.32 Å². The monoisotopic (exact) mass is 283 g/mol. The van der Waals surface area contributed by atoms with Gasteiger partial charge in [-0.3, -0.25) is 0 Å². The van der Waals surface area contributed by atoms with Gasteiger partial charge in [-0.15, -0.1) is 0 Å². The van der Waals surface area contributed by atoms with E-state index in [2.05, 4.69) is 5.32 Å². The molecule has 1 N–H and O–H groups in total. The van der Waals surface area contributed by atoms with Crippen molar-refractivity contribution in [1.82, 2.24) is 0 Å². The van der Waals surface area contributed by atoms with Crippen molar-refractivity contribution >= 4 is 28.9 Å². The van der Waals surface area contributed by atoms with Crippen LogP contribution >= 0.6 is 23.2 Å². The Bertz CT molecular complexity index is 549. The molecule has 0 spiro atoms. The molecule has 2 rings (SSSR count). The van der Waals surface area contributed by atoms with Gasteiger partial charge in [-0.05, 0) is 36.2 Å². The SMILES string of the molecule is Cc1cccc(Cl)c1NCc1ccc(F)cc1Cl. The van der Waals surface area contributed by atoms with Crippen LogP contribution in [-0.4, -0.2) is 0 Å². The molecule has 1 nitrogen and oxygen atoms in total.